The van der Waals surface area contributed by atoms with Gasteiger partial charge in [0, 0.05) is 13.2 Å². The van der Waals surface area contributed by atoms with Crippen LogP contribution in [0.2, 0.25) is 0 Å². The Morgan fingerprint density at radius 1 is 0.680 bits per heavy atom. The van der Waals surface area contributed by atoms with Gasteiger partial charge in [0.05, 0.1) is 52.9 Å². The Bertz CT molecular complexity index is 191. The van der Waals surface area contributed by atoms with Crippen LogP contribution in [0.25, 0.3) is 0 Å². The van der Waals surface area contributed by atoms with Crippen molar-refractivity contribution < 1.29 is 29.2 Å². The highest BCUT2D eigenvalue weighted by Gasteiger charge is 1.94. The maximum atomic E-state index is 8.36. The van der Waals surface area contributed by atoms with E-state index in [-0.39, 0.29) is 13.2 Å². The summed E-state index contributed by atoms with van der Waals surface area (Å²) in [7, 11) is 0. The molecule has 0 atom stereocenters. The third kappa shape index (κ3) is 26.1. The van der Waals surface area contributed by atoms with Crippen molar-refractivity contribution >= 4 is 0 Å². The number of nitrogens with zero attached hydrogens (tertiary/aromatic N) is 1. The van der Waals surface area contributed by atoms with Crippen LogP contribution >= 0.6 is 0 Å². The van der Waals surface area contributed by atoms with Crippen molar-refractivity contribution in [2.45, 2.75) is 33.6 Å². The fourth-order valence-corrected chi connectivity index (χ4v) is 1.85. The van der Waals surface area contributed by atoms with Crippen LogP contribution in [0, 0.1) is 0 Å². The molecular weight excluding hydrogens is 326 g/mol. The fourth-order valence-electron chi connectivity index (χ4n) is 1.85. The summed E-state index contributed by atoms with van der Waals surface area (Å²) in [5.74, 6) is 0. The molecule has 0 aromatic carbocycles. The Hall–Kier alpha value is -0.280. The average Bonchev–Trinajstić information content (AvgIpc) is 3.22. The predicted molar refractivity (Wildman–Crippen MR) is 100 cm³/mol. The molecule has 1 rings (SSSR count). The number of hydrogen-bond acceptors (Lipinski definition) is 7. The van der Waals surface area contributed by atoms with Crippen LogP contribution in [-0.4, -0.2) is 101 Å². The molecule has 1 aliphatic rings. The summed E-state index contributed by atoms with van der Waals surface area (Å²) < 4.78 is 20.0. The van der Waals surface area contributed by atoms with Gasteiger partial charge < -0.3 is 34.1 Å². The van der Waals surface area contributed by atoms with Crippen LogP contribution < -0.4 is 0 Å². The first-order valence-corrected chi connectivity index (χ1v) is 9.51. The highest BCUT2D eigenvalue weighted by atomic mass is 16.5. The minimum Gasteiger partial charge on any atom is -0.394 e. The molecule has 0 bridgehead atoms. The van der Waals surface area contributed by atoms with E-state index in [0.717, 1.165) is 13.2 Å². The zero-order chi connectivity index (χ0) is 19.0. The first-order valence-electron chi connectivity index (χ1n) is 9.51. The molecule has 7 nitrogen and oxygen atoms in total. The van der Waals surface area contributed by atoms with Crippen LogP contribution in [-0.2, 0) is 18.9 Å². The van der Waals surface area contributed by atoms with Gasteiger partial charge in [-0.1, -0.05) is 20.8 Å². The Morgan fingerprint density at radius 3 is 1.24 bits per heavy atom. The van der Waals surface area contributed by atoms with E-state index in [1.165, 1.54) is 32.5 Å². The quantitative estimate of drug-likeness (QED) is 0.473. The van der Waals surface area contributed by atoms with Crippen LogP contribution in [0.1, 0.15) is 33.6 Å². The number of aliphatic hydroxyl groups is 2. The van der Waals surface area contributed by atoms with Crippen LogP contribution in [0.5, 0.6) is 0 Å². The van der Waals surface area contributed by atoms with Crippen LogP contribution in [0.3, 0.4) is 0 Å². The van der Waals surface area contributed by atoms with Gasteiger partial charge in [0.2, 0.25) is 0 Å². The second kappa shape index (κ2) is 26.0. The molecule has 0 aliphatic carbocycles. The smallest absolute Gasteiger partial charge is 0.0701 e. The standard InChI is InChI=1S/C8H18O5.C6H15N.C4H8O/c9-1-3-11-5-7-13-8-6-12-4-2-10;1-4-7(5-2)6-3;1-2-4-5-3-1/h9-10H,1-8H2;4-6H2,1-3H3;1-4H2. The molecule has 0 unspecified atom stereocenters. The minimum atomic E-state index is 0.0413. The summed E-state index contributed by atoms with van der Waals surface area (Å²) in [5, 5.41) is 16.7. The fraction of sp³-hybridized carbons (Fsp3) is 1.00. The molecule has 0 spiro atoms. The first kappa shape index (κ1) is 26.9. The van der Waals surface area contributed by atoms with E-state index in [0.29, 0.717) is 39.6 Å². The van der Waals surface area contributed by atoms with Crippen molar-refractivity contribution in [3.05, 3.63) is 0 Å². The summed E-state index contributed by atoms with van der Waals surface area (Å²) in [6, 6.07) is 0. The largest absolute Gasteiger partial charge is 0.394 e. The normalized spacial score (nSPS) is 13.2. The topological polar surface area (TPSA) is 80.6 Å². The van der Waals surface area contributed by atoms with Crippen molar-refractivity contribution in [3.8, 4) is 0 Å². The SMILES string of the molecule is C1CCOC1.CCN(CC)CC.OCCOCCOCCOCCO. The molecular formula is C18H41NO6. The highest BCUT2D eigenvalue weighted by Crippen LogP contribution is 1.98. The Morgan fingerprint density at radius 2 is 1.04 bits per heavy atom. The van der Waals surface area contributed by atoms with Gasteiger partial charge in [0.25, 0.3) is 0 Å². The van der Waals surface area contributed by atoms with E-state index in [9.17, 15) is 0 Å². The minimum absolute atomic E-state index is 0.0413. The molecule has 1 heterocycles. The van der Waals surface area contributed by atoms with Gasteiger partial charge in [-0.05, 0) is 32.5 Å². The van der Waals surface area contributed by atoms with Gasteiger partial charge in [0.1, 0.15) is 0 Å². The first-order chi connectivity index (χ1) is 12.3. The third-order valence-electron chi connectivity index (χ3n) is 3.38. The Balaban J connectivity index is 0. The number of rotatable bonds is 13. The molecule has 1 aliphatic heterocycles. The van der Waals surface area contributed by atoms with Gasteiger partial charge in [-0.2, -0.15) is 0 Å². The molecule has 7 heteroatoms. The monoisotopic (exact) mass is 367 g/mol. The van der Waals surface area contributed by atoms with Gasteiger partial charge in [-0.25, -0.2) is 0 Å². The highest BCUT2D eigenvalue weighted by molar-refractivity contribution is 4.44. The van der Waals surface area contributed by atoms with Gasteiger partial charge >= 0.3 is 0 Å². The van der Waals surface area contributed by atoms with Crippen molar-refractivity contribution in [2.75, 3.05) is 85.7 Å². The van der Waals surface area contributed by atoms with Crippen LogP contribution in [0.4, 0.5) is 0 Å². The molecule has 2 N–H and O–H groups in total. The molecule has 0 aromatic rings. The van der Waals surface area contributed by atoms with Crippen molar-refractivity contribution in [1.29, 1.82) is 0 Å². The Kier molecular flexibility index (Phi) is 28.0. The van der Waals surface area contributed by atoms with E-state index in [4.69, 9.17) is 29.2 Å². The van der Waals surface area contributed by atoms with Crippen molar-refractivity contribution in [2.24, 2.45) is 0 Å². The molecule has 0 radical (unpaired) electrons. The Labute approximate surface area is 154 Å². The van der Waals surface area contributed by atoms with Gasteiger partial charge in [0.15, 0.2) is 0 Å². The zero-order valence-electron chi connectivity index (χ0n) is 16.6. The summed E-state index contributed by atoms with van der Waals surface area (Å²) >= 11 is 0. The van der Waals surface area contributed by atoms with Crippen molar-refractivity contribution in [1.82, 2.24) is 4.90 Å². The molecule has 154 valence electrons. The second-order valence-electron chi connectivity index (χ2n) is 5.22. The third-order valence-corrected chi connectivity index (χ3v) is 3.38. The number of aliphatic hydroxyl groups excluding tert-OH is 2. The van der Waals surface area contributed by atoms with E-state index >= 15 is 0 Å². The maximum absolute atomic E-state index is 8.36. The summed E-state index contributed by atoms with van der Waals surface area (Å²) in [4.78, 5) is 2.38. The molecule has 25 heavy (non-hydrogen) atoms. The van der Waals surface area contributed by atoms with Crippen molar-refractivity contribution in [3.63, 3.8) is 0 Å². The van der Waals surface area contributed by atoms with E-state index in [1.807, 2.05) is 0 Å². The second-order valence-corrected chi connectivity index (χ2v) is 5.22. The lowest BCUT2D eigenvalue weighted by molar-refractivity contribution is 0.00230. The molecule has 0 aromatic heterocycles. The maximum Gasteiger partial charge on any atom is 0.0701 e. The van der Waals surface area contributed by atoms with E-state index in [2.05, 4.69) is 25.7 Å². The summed E-state index contributed by atoms with van der Waals surface area (Å²) in [5.41, 5.74) is 0. The lowest BCUT2D eigenvalue weighted by Gasteiger charge is -2.13. The van der Waals surface area contributed by atoms with E-state index in [1.54, 1.807) is 0 Å². The lowest BCUT2D eigenvalue weighted by Crippen LogP contribution is -2.21. The summed E-state index contributed by atoms with van der Waals surface area (Å²) in [6.07, 6.45) is 2.56. The van der Waals surface area contributed by atoms with Gasteiger partial charge in [-0.15, -0.1) is 0 Å². The summed E-state index contributed by atoms with van der Waals surface area (Å²) in [6.45, 7) is 14.9. The number of hydrogen-bond donors (Lipinski definition) is 2. The number of ether oxygens (including phenoxy) is 4. The molecule has 0 amide bonds. The molecule has 1 saturated heterocycles. The molecule has 1 fully saturated rings. The lowest BCUT2D eigenvalue weighted by atomic mass is 10.4. The van der Waals surface area contributed by atoms with E-state index < -0.39 is 0 Å². The predicted octanol–water partition coefficient (Wildman–Crippen LogP) is 1.17. The average molecular weight is 368 g/mol. The van der Waals surface area contributed by atoms with Crippen LogP contribution in [0.15, 0.2) is 0 Å². The zero-order valence-corrected chi connectivity index (χ0v) is 16.6. The molecule has 0 saturated carbocycles. The van der Waals surface area contributed by atoms with Gasteiger partial charge in [-0.3, -0.25) is 0 Å².